The average Bonchev–Trinajstić information content (AvgIpc) is 2.71. The van der Waals surface area contributed by atoms with E-state index in [9.17, 15) is 18.0 Å². The summed E-state index contributed by atoms with van der Waals surface area (Å²) < 4.78 is 25.9. The van der Waals surface area contributed by atoms with E-state index in [4.69, 9.17) is 4.55 Å². The van der Waals surface area contributed by atoms with Crippen molar-refractivity contribution in [1.29, 1.82) is 0 Å². The van der Waals surface area contributed by atoms with Crippen LogP contribution in [0.3, 0.4) is 0 Å². The lowest BCUT2D eigenvalue weighted by Gasteiger charge is -2.21. The Balaban J connectivity index is 0.000000614. The summed E-state index contributed by atoms with van der Waals surface area (Å²) in [6, 6.07) is 7.47. The van der Waals surface area contributed by atoms with E-state index >= 15 is 0 Å². The smallest absolute Gasteiger partial charge is 0.289 e. The first-order valence-corrected chi connectivity index (χ1v) is 11.6. The first-order valence-electron chi connectivity index (χ1n) is 9.77. The fourth-order valence-corrected chi connectivity index (χ4v) is 2.93. The summed E-state index contributed by atoms with van der Waals surface area (Å²) in [5.74, 6) is -0.00509. The molecule has 11 nitrogen and oxygen atoms in total. The fraction of sp³-hybridized carbons (Fsp3) is 0.421. The number of nitrogens with zero attached hydrogens (tertiary/aromatic N) is 1. The summed E-state index contributed by atoms with van der Waals surface area (Å²) in [5.41, 5.74) is 3.13. The predicted molar refractivity (Wildman–Crippen MR) is 121 cm³/mol. The molecule has 0 aliphatic carbocycles. The number of carbonyl (C=O) groups is 1. The Morgan fingerprint density at radius 2 is 1.87 bits per heavy atom. The number of amides is 1. The molecule has 1 aromatic carbocycles. The van der Waals surface area contributed by atoms with E-state index in [0.717, 1.165) is 24.9 Å². The van der Waals surface area contributed by atoms with Gasteiger partial charge in [-0.2, -0.15) is 13.5 Å². The van der Waals surface area contributed by atoms with Gasteiger partial charge in [0.25, 0.3) is 15.7 Å². The van der Waals surface area contributed by atoms with Crippen LogP contribution in [0, 0.1) is 0 Å². The van der Waals surface area contributed by atoms with Crippen LogP contribution >= 0.6 is 0 Å². The molecule has 3 rings (SSSR count). The second-order valence-electron chi connectivity index (χ2n) is 6.93. The maximum Gasteiger partial charge on any atom is 0.289 e. The molecule has 0 unspecified atom stereocenters. The van der Waals surface area contributed by atoms with Gasteiger partial charge in [-0.15, -0.1) is 0 Å². The van der Waals surface area contributed by atoms with E-state index in [2.05, 4.69) is 31.5 Å². The number of benzene rings is 1. The Morgan fingerprint density at radius 1 is 1.19 bits per heavy atom. The molecule has 0 spiro atoms. The first kappa shape index (κ1) is 24.3. The predicted octanol–water partition coefficient (Wildman–Crippen LogP) is 1.11. The topological polar surface area (TPSA) is 165 Å². The molecule has 2 heterocycles. The number of fused-ring (bicyclic) bond motifs is 1. The van der Waals surface area contributed by atoms with Gasteiger partial charge in [-0.05, 0) is 38.6 Å². The van der Waals surface area contributed by atoms with Crippen molar-refractivity contribution in [2.24, 2.45) is 0 Å². The Hall–Kier alpha value is -2.96. The van der Waals surface area contributed by atoms with Gasteiger partial charge >= 0.3 is 0 Å². The van der Waals surface area contributed by atoms with Crippen LogP contribution in [0.1, 0.15) is 19.3 Å². The Labute approximate surface area is 180 Å². The maximum atomic E-state index is 12.1. The van der Waals surface area contributed by atoms with Gasteiger partial charge in [0.15, 0.2) is 0 Å². The lowest BCUT2D eigenvalue weighted by atomic mass is 10.1. The third-order valence-electron chi connectivity index (χ3n) is 4.21. The molecule has 1 amide bonds. The standard InChI is InChI=1S/C18H24N6O2.CH4O3S/c1-19-8-3-2-7-14(25)22-13-6-4-5-12(11-13)15-16-17(18(26)24-23-15)21-10-9-20-16;1-5(2,3)4/h4-6,11,19-21H,2-3,7-10H2,1H3,(H,22,25)(H,24,26);1H3,(H,2,3,4). The molecular formula is C19H28N6O5S. The average molecular weight is 453 g/mol. The number of carbonyl (C=O) groups excluding carboxylic acids is 1. The van der Waals surface area contributed by atoms with Gasteiger partial charge in [0.2, 0.25) is 5.91 Å². The number of aromatic nitrogens is 2. The van der Waals surface area contributed by atoms with Gasteiger partial charge in [0.05, 0.1) is 11.9 Å². The zero-order valence-corrected chi connectivity index (χ0v) is 18.3. The minimum absolute atomic E-state index is 0.00509. The summed E-state index contributed by atoms with van der Waals surface area (Å²) in [6.45, 7) is 2.31. The Kier molecular flexibility index (Phi) is 8.97. The van der Waals surface area contributed by atoms with E-state index in [0.29, 0.717) is 48.5 Å². The molecule has 0 saturated carbocycles. The van der Waals surface area contributed by atoms with Gasteiger partial charge in [-0.1, -0.05) is 12.1 Å². The Bertz CT molecular complexity index is 1050. The molecule has 0 saturated heterocycles. The number of hydrogen-bond acceptors (Lipinski definition) is 8. The SMILES string of the molecule is CNCCCCC(=O)Nc1cccc(-c2n[nH]c(=O)c3c2NCCN3)c1.CS(=O)(=O)O. The van der Waals surface area contributed by atoms with E-state index in [1.165, 1.54) is 0 Å². The summed E-state index contributed by atoms with van der Waals surface area (Å²) in [4.78, 5) is 24.0. The maximum absolute atomic E-state index is 12.1. The van der Waals surface area contributed by atoms with Gasteiger partial charge in [-0.25, -0.2) is 5.10 Å². The Morgan fingerprint density at radius 3 is 2.55 bits per heavy atom. The second-order valence-corrected chi connectivity index (χ2v) is 8.39. The number of anilines is 3. The number of nitrogens with one attached hydrogen (secondary N) is 5. The number of aromatic amines is 1. The molecule has 170 valence electrons. The first-order chi connectivity index (χ1) is 14.7. The van der Waals surface area contributed by atoms with Crippen molar-refractivity contribution in [2.75, 3.05) is 48.9 Å². The molecule has 0 radical (unpaired) electrons. The molecule has 31 heavy (non-hydrogen) atoms. The number of hydrogen-bond donors (Lipinski definition) is 6. The fourth-order valence-electron chi connectivity index (χ4n) is 2.93. The highest BCUT2D eigenvalue weighted by Gasteiger charge is 2.18. The molecule has 0 fully saturated rings. The van der Waals surface area contributed by atoms with Gasteiger partial charge < -0.3 is 21.3 Å². The van der Waals surface area contributed by atoms with E-state index in [-0.39, 0.29) is 11.5 Å². The zero-order valence-electron chi connectivity index (χ0n) is 17.5. The lowest BCUT2D eigenvalue weighted by molar-refractivity contribution is -0.116. The van der Waals surface area contributed by atoms with Crippen LogP contribution in [0.5, 0.6) is 0 Å². The van der Waals surface area contributed by atoms with Crippen LogP contribution in [0.25, 0.3) is 11.3 Å². The van der Waals surface area contributed by atoms with Crippen molar-refractivity contribution >= 4 is 33.1 Å². The minimum atomic E-state index is -3.67. The number of H-pyrrole nitrogens is 1. The highest BCUT2D eigenvalue weighted by Crippen LogP contribution is 2.32. The zero-order chi connectivity index (χ0) is 22.9. The van der Waals surface area contributed by atoms with E-state index < -0.39 is 10.1 Å². The number of rotatable bonds is 7. The third-order valence-corrected chi connectivity index (χ3v) is 4.21. The van der Waals surface area contributed by atoms with Crippen molar-refractivity contribution < 1.29 is 17.8 Å². The van der Waals surface area contributed by atoms with E-state index in [1.54, 1.807) is 0 Å². The van der Waals surface area contributed by atoms with E-state index in [1.807, 2.05) is 31.3 Å². The monoisotopic (exact) mass is 452 g/mol. The minimum Gasteiger partial charge on any atom is -0.380 e. The van der Waals surface area contributed by atoms with Crippen LogP contribution in [0.15, 0.2) is 29.1 Å². The molecule has 1 aromatic heterocycles. The number of unbranched alkanes of at least 4 members (excludes halogenated alkanes) is 1. The summed E-state index contributed by atoms with van der Waals surface area (Å²) in [5, 5.41) is 19.0. The van der Waals surface area contributed by atoms with Crippen LogP contribution in [-0.2, 0) is 14.9 Å². The molecule has 0 bridgehead atoms. The van der Waals surface area contributed by atoms with Crippen LogP contribution in [0.4, 0.5) is 17.1 Å². The molecule has 6 N–H and O–H groups in total. The van der Waals surface area contributed by atoms with Gasteiger partial charge in [0.1, 0.15) is 11.4 Å². The van der Waals surface area contributed by atoms with Crippen molar-refractivity contribution in [3.63, 3.8) is 0 Å². The van der Waals surface area contributed by atoms with Crippen molar-refractivity contribution in [3.8, 4) is 11.3 Å². The normalized spacial score (nSPS) is 12.5. The van der Waals surface area contributed by atoms with Crippen LogP contribution in [-0.4, -0.2) is 62.0 Å². The van der Waals surface area contributed by atoms with Crippen molar-refractivity contribution in [1.82, 2.24) is 15.5 Å². The summed E-state index contributed by atoms with van der Waals surface area (Å²) in [7, 11) is -1.76. The molecular weight excluding hydrogens is 424 g/mol. The van der Waals surface area contributed by atoms with Crippen molar-refractivity contribution in [2.45, 2.75) is 19.3 Å². The quantitative estimate of drug-likeness (QED) is 0.266. The second kappa shape index (κ2) is 11.4. The highest BCUT2D eigenvalue weighted by atomic mass is 32.2. The molecule has 0 atom stereocenters. The summed E-state index contributed by atoms with van der Waals surface area (Å²) in [6.07, 6.45) is 3.02. The van der Waals surface area contributed by atoms with Crippen molar-refractivity contribution in [3.05, 3.63) is 34.6 Å². The van der Waals surface area contributed by atoms with Crippen LogP contribution < -0.4 is 26.8 Å². The lowest BCUT2D eigenvalue weighted by Crippen LogP contribution is -2.28. The summed E-state index contributed by atoms with van der Waals surface area (Å²) >= 11 is 0. The molecule has 1 aliphatic heterocycles. The van der Waals surface area contributed by atoms with Crippen LogP contribution in [0.2, 0.25) is 0 Å². The molecule has 2 aromatic rings. The third kappa shape index (κ3) is 8.36. The highest BCUT2D eigenvalue weighted by molar-refractivity contribution is 7.85. The molecule has 1 aliphatic rings. The largest absolute Gasteiger partial charge is 0.380 e. The van der Waals surface area contributed by atoms with Gasteiger partial charge in [-0.3, -0.25) is 14.1 Å². The van der Waals surface area contributed by atoms with Gasteiger partial charge in [0, 0.05) is 30.8 Å². The molecule has 12 heteroatoms.